The van der Waals surface area contributed by atoms with Crippen LogP contribution in [0.15, 0.2) is 29.1 Å². The molecule has 178 valence electrons. The van der Waals surface area contributed by atoms with Crippen molar-refractivity contribution in [2.24, 2.45) is 12.5 Å². The van der Waals surface area contributed by atoms with Crippen LogP contribution < -0.4 is 16.3 Å². The number of aryl methyl sites for hydroxylation is 1. The molecule has 1 saturated heterocycles. The summed E-state index contributed by atoms with van der Waals surface area (Å²) in [5, 5.41) is 17.0. The number of rotatable bonds is 7. The molecule has 1 fully saturated rings. The first kappa shape index (κ1) is 24.7. The second kappa shape index (κ2) is 9.92. The van der Waals surface area contributed by atoms with Crippen molar-refractivity contribution in [1.29, 1.82) is 5.26 Å². The lowest BCUT2D eigenvalue weighted by molar-refractivity contribution is -0.124. The fraction of sp³-hybridized carbons (Fsp3) is 0.600. The maximum absolute atomic E-state index is 13.5. The van der Waals surface area contributed by atoms with E-state index >= 15 is 0 Å². The van der Waals surface area contributed by atoms with Crippen LogP contribution >= 0.6 is 0 Å². The van der Waals surface area contributed by atoms with Gasteiger partial charge in [-0.3, -0.25) is 9.36 Å². The predicted molar refractivity (Wildman–Crippen MR) is 131 cm³/mol. The van der Waals surface area contributed by atoms with Gasteiger partial charge in [-0.05, 0) is 49.8 Å². The molecule has 0 spiro atoms. The zero-order valence-electron chi connectivity index (χ0n) is 20.4. The van der Waals surface area contributed by atoms with Gasteiger partial charge in [0.2, 0.25) is 5.91 Å². The molecule has 8 heteroatoms. The van der Waals surface area contributed by atoms with Gasteiger partial charge in [0.1, 0.15) is 17.4 Å². The molecule has 1 aliphatic heterocycles. The van der Waals surface area contributed by atoms with Crippen LogP contribution in [0.3, 0.4) is 0 Å². The number of nitrogens with zero attached hydrogens (tertiary/aromatic N) is 4. The summed E-state index contributed by atoms with van der Waals surface area (Å²) in [6, 6.07) is 9.24. The number of nitrogens with one attached hydrogen (secondary N) is 2. The summed E-state index contributed by atoms with van der Waals surface area (Å²) >= 11 is 0. The lowest BCUT2D eigenvalue weighted by Gasteiger charge is -2.39. The highest BCUT2D eigenvalue weighted by Crippen LogP contribution is 2.27. The van der Waals surface area contributed by atoms with Crippen LogP contribution in [0.2, 0.25) is 0 Å². The normalized spacial score (nSPS) is 17.3. The molecule has 33 heavy (non-hydrogen) atoms. The molecule has 0 unspecified atom stereocenters. The minimum atomic E-state index is -0.874. The fourth-order valence-corrected chi connectivity index (χ4v) is 4.46. The minimum Gasteiger partial charge on any atom is -0.358 e. The Morgan fingerprint density at radius 2 is 1.94 bits per heavy atom. The van der Waals surface area contributed by atoms with E-state index in [1.807, 2.05) is 24.3 Å². The number of aromatic nitrogens is 2. The average Bonchev–Trinajstić information content (AvgIpc) is 2.77. The topological polar surface area (TPSA) is 103 Å². The summed E-state index contributed by atoms with van der Waals surface area (Å²) in [6.45, 7) is 10.9. The van der Waals surface area contributed by atoms with Gasteiger partial charge in [0.15, 0.2) is 0 Å². The van der Waals surface area contributed by atoms with E-state index in [1.54, 1.807) is 7.05 Å². The van der Waals surface area contributed by atoms with Gasteiger partial charge >= 0.3 is 5.69 Å². The van der Waals surface area contributed by atoms with Crippen LogP contribution in [0.1, 0.15) is 53.4 Å². The number of hydrogen-bond donors (Lipinski definition) is 2. The summed E-state index contributed by atoms with van der Waals surface area (Å²) in [5.41, 5.74) is -0.675. The maximum atomic E-state index is 13.5. The number of anilines is 1. The maximum Gasteiger partial charge on any atom is 0.349 e. The summed E-state index contributed by atoms with van der Waals surface area (Å²) < 4.78 is 1.49. The Hall–Kier alpha value is -2.92. The summed E-state index contributed by atoms with van der Waals surface area (Å²) in [4.78, 5) is 32.5. The summed E-state index contributed by atoms with van der Waals surface area (Å²) in [5.74, 6) is 0.156. The van der Waals surface area contributed by atoms with Gasteiger partial charge in [-0.25, -0.2) is 4.79 Å². The number of carbonyl (C=O) groups is 1. The molecule has 0 aliphatic carbocycles. The lowest BCUT2D eigenvalue weighted by atomic mass is 9.85. The number of fused-ring (bicyclic) bond motifs is 1. The molecule has 1 aliphatic rings. The molecule has 3 rings (SSSR count). The number of likely N-dealkylation sites (tertiary alicyclic amines) is 1. The fourth-order valence-electron chi connectivity index (χ4n) is 4.46. The number of benzene rings is 1. The first-order valence-corrected chi connectivity index (χ1v) is 11.8. The Morgan fingerprint density at radius 3 is 2.55 bits per heavy atom. The average molecular weight is 453 g/mol. The summed E-state index contributed by atoms with van der Waals surface area (Å²) in [7, 11) is 1.68. The van der Waals surface area contributed by atoms with E-state index in [2.05, 4.69) is 54.3 Å². The highest BCUT2D eigenvalue weighted by molar-refractivity contribution is 5.92. The van der Waals surface area contributed by atoms with Gasteiger partial charge in [-0.15, -0.1) is 0 Å². The molecule has 8 nitrogen and oxygen atoms in total. The molecule has 0 radical (unpaired) electrons. The van der Waals surface area contributed by atoms with E-state index in [0.717, 1.165) is 37.0 Å². The van der Waals surface area contributed by atoms with Crippen molar-refractivity contribution in [3.05, 3.63) is 34.7 Å². The first-order chi connectivity index (χ1) is 15.6. The van der Waals surface area contributed by atoms with Gasteiger partial charge in [0, 0.05) is 25.5 Å². The van der Waals surface area contributed by atoms with Crippen LogP contribution in [0, 0.1) is 16.7 Å². The van der Waals surface area contributed by atoms with Gasteiger partial charge < -0.3 is 15.5 Å². The van der Waals surface area contributed by atoms with Crippen LogP contribution in [0.25, 0.3) is 10.9 Å². The third-order valence-corrected chi connectivity index (χ3v) is 6.28. The molecule has 0 bridgehead atoms. The van der Waals surface area contributed by atoms with Crippen LogP contribution in [0.5, 0.6) is 0 Å². The number of nitriles is 1. The highest BCUT2D eigenvalue weighted by Gasteiger charge is 2.38. The third kappa shape index (κ3) is 5.91. The molecular weight excluding hydrogens is 416 g/mol. The van der Waals surface area contributed by atoms with Crippen molar-refractivity contribution < 1.29 is 4.79 Å². The third-order valence-electron chi connectivity index (χ3n) is 6.28. The smallest absolute Gasteiger partial charge is 0.349 e. The number of carbonyl (C=O) groups excluding carboxylic acids is 1. The predicted octanol–water partition coefficient (Wildman–Crippen LogP) is 3.03. The van der Waals surface area contributed by atoms with Crippen molar-refractivity contribution in [3.63, 3.8) is 0 Å². The SMILES string of the molecule is CCCN1CCC(C#N)(NC(=O)[C@H](CC(C)(C)C)Nc2nc(=O)n(C)c3ccccc23)CC1. The molecule has 1 aromatic carbocycles. The van der Waals surface area contributed by atoms with Crippen molar-refractivity contribution in [2.75, 3.05) is 25.0 Å². The van der Waals surface area contributed by atoms with Crippen molar-refractivity contribution >= 4 is 22.6 Å². The Labute approximate surface area is 196 Å². The molecule has 1 amide bonds. The molecule has 2 N–H and O–H groups in total. The second-order valence-electron chi connectivity index (χ2n) is 10.3. The van der Waals surface area contributed by atoms with Gasteiger partial charge in [-0.1, -0.05) is 39.8 Å². The van der Waals surface area contributed by atoms with Gasteiger partial charge in [-0.2, -0.15) is 10.2 Å². The number of amides is 1. The minimum absolute atomic E-state index is 0.158. The molecular formula is C25H36N6O2. The van der Waals surface area contributed by atoms with Gasteiger partial charge in [0.05, 0.1) is 11.6 Å². The van der Waals surface area contributed by atoms with Gasteiger partial charge in [0.25, 0.3) is 0 Å². The second-order valence-corrected chi connectivity index (χ2v) is 10.3. The van der Waals surface area contributed by atoms with Crippen LogP contribution in [-0.2, 0) is 11.8 Å². The molecule has 2 aromatic rings. The van der Waals surface area contributed by atoms with E-state index in [1.165, 1.54) is 4.57 Å². The van der Waals surface area contributed by atoms with E-state index < -0.39 is 11.6 Å². The quantitative estimate of drug-likeness (QED) is 0.669. The highest BCUT2D eigenvalue weighted by atomic mass is 16.2. The Morgan fingerprint density at radius 1 is 1.27 bits per heavy atom. The standard InChI is InChI=1S/C25H36N6O2/c1-6-13-31-14-11-25(17-26,12-15-31)29-22(32)19(16-24(2,3)4)27-21-18-9-7-8-10-20(18)30(5)23(33)28-21/h7-10,19H,6,11-16H2,1-5H3,(H,29,32)(H,27,28,33)/t19-/m0/s1. The Balaban J connectivity index is 1.87. The summed E-state index contributed by atoms with van der Waals surface area (Å²) in [6.07, 6.45) is 2.80. The monoisotopic (exact) mass is 452 g/mol. The van der Waals surface area contributed by atoms with Crippen molar-refractivity contribution in [2.45, 2.75) is 65.0 Å². The van der Waals surface area contributed by atoms with Crippen molar-refractivity contribution in [3.8, 4) is 6.07 Å². The Kier molecular flexibility index (Phi) is 7.43. The zero-order chi connectivity index (χ0) is 24.2. The van der Waals surface area contributed by atoms with E-state index in [-0.39, 0.29) is 17.0 Å². The van der Waals surface area contributed by atoms with E-state index in [0.29, 0.717) is 25.1 Å². The number of hydrogen-bond acceptors (Lipinski definition) is 6. The van der Waals surface area contributed by atoms with E-state index in [4.69, 9.17) is 0 Å². The first-order valence-electron chi connectivity index (χ1n) is 11.8. The number of para-hydroxylation sites is 1. The Bertz CT molecular complexity index is 1090. The molecule has 0 saturated carbocycles. The molecule has 2 heterocycles. The molecule has 1 atom stereocenters. The largest absolute Gasteiger partial charge is 0.358 e. The van der Waals surface area contributed by atoms with Crippen LogP contribution in [0.4, 0.5) is 5.82 Å². The lowest BCUT2D eigenvalue weighted by Crippen LogP contribution is -2.57. The number of piperidine rings is 1. The zero-order valence-corrected chi connectivity index (χ0v) is 20.4. The van der Waals surface area contributed by atoms with Crippen LogP contribution in [-0.4, -0.2) is 51.6 Å². The van der Waals surface area contributed by atoms with Crippen molar-refractivity contribution in [1.82, 2.24) is 19.8 Å². The van der Waals surface area contributed by atoms with E-state index in [9.17, 15) is 14.9 Å². The molecule has 1 aromatic heterocycles.